The van der Waals surface area contributed by atoms with Crippen molar-refractivity contribution in [2.75, 3.05) is 0 Å². The van der Waals surface area contributed by atoms with Crippen LogP contribution in [0.15, 0.2) is 47.3 Å². The Morgan fingerprint density at radius 1 is 1.22 bits per heavy atom. The summed E-state index contributed by atoms with van der Waals surface area (Å²) in [5.41, 5.74) is 2.02. The van der Waals surface area contributed by atoms with Crippen LogP contribution in [0.3, 0.4) is 0 Å². The lowest BCUT2D eigenvalue weighted by atomic mass is 10.1. The van der Waals surface area contributed by atoms with Gasteiger partial charge in [-0.2, -0.15) is 0 Å². The number of hydrogen-bond acceptors (Lipinski definition) is 4. The molecular weight excluding hydrogens is 292 g/mol. The lowest BCUT2D eigenvalue weighted by Crippen LogP contribution is -2.23. The third-order valence-electron chi connectivity index (χ3n) is 3.77. The zero-order valence-corrected chi connectivity index (χ0v) is 12.9. The molecule has 0 radical (unpaired) electrons. The van der Waals surface area contributed by atoms with Gasteiger partial charge in [-0.3, -0.25) is 14.2 Å². The number of carbonyl (C=O) groups excluding carboxylic acids is 1. The number of nitrogens with zero attached hydrogens (tertiary/aromatic N) is 2. The molecule has 0 spiro atoms. The highest BCUT2D eigenvalue weighted by Crippen LogP contribution is 2.19. The van der Waals surface area contributed by atoms with Crippen molar-refractivity contribution in [1.82, 2.24) is 9.55 Å². The Hall–Kier alpha value is -2.95. The van der Waals surface area contributed by atoms with E-state index in [0.29, 0.717) is 28.0 Å². The van der Waals surface area contributed by atoms with Gasteiger partial charge in [0.05, 0.1) is 10.9 Å². The average molecular weight is 308 g/mol. The number of rotatable bonds is 4. The summed E-state index contributed by atoms with van der Waals surface area (Å²) in [7, 11) is 1.68. The number of para-hydroxylation sites is 1. The molecule has 0 aliphatic carbocycles. The number of carbonyl (C=O) groups is 1. The van der Waals surface area contributed by atoms with Crippen molar-refractivity contribution in [3.05, 3.63) is 69.8 Å². The molecule has 116 valence electrons. The topological polar surface area (TPSA) is 61.2 Å². The number of aromatic nitrogens is 2. The lowest BCUT2D eigenvalue weighted by Gasteiger charge is -2.12. The zero-order chi connectivity index (χ0) is 16.4. The molecule has 3 rings (SSSR count). The van der Waals surface area contributed by atoms with Crippen molar-refractivity contribution in [2.24, 2.45) is 7.05 Å². The van der Waals surface area contributed by atoms with Gasteiger partial charge in [-0.1, -0.05) is 12.1 Å². The lowest BCUT2D eigenvalue weighted by molar-refractivity contribution is 0.112. The number of fused-ring (bicyclic) bond motifs is 1. The van der Waals surface area contributed by atoms with E-state index in [9.17, 15) is 9.59 Å². The second-order valence-corrected chi connectivity index (χ2v) is 5.34. The monoisotopic (exact) mass is 308 g/mol. The van der Waals surface area contributed by atoms with Crippen LogP contribution in [0, 0.1) is 6.92 Å². The van der Waals surface area contributed by atoms with E-state index >= 15 is 0 Å². The van der Waals surface area contributed by atoms with Crippen molar-refractivity contribution in [3.63, 3.8) is 0 Å². The predicted molar refractivity (Wildman–Crippen MR) is 87.9 cm³/mol. The molecule has 2 aromatic carbocycles. The van der Waals surface area contributed by atoms with Crippen molar-refractivity contribution in [1.29, 1.82) is 0 Å². The second kappa shape index (κ2) is 6.04. The van der Waals surface area contributed by atoms with Crippen LogP contribution in [0.1, 0.15) is 21.7 Å². The van der Waals surface area contributed by atoms with E-state index < -0.39 is 0 Å². The van der Waals surface area contributed by atoms with Gasteiger partial charge in [0.15, 0.2) is 0 Å². The molecule has 1 aromatic heterocycles. The van der Waals surface area contributed by atoms with E-state index in [0.717, 1.165) is 11.8 Å². The SMILES string of the molecule is Cc1cc(C=O)ccc1OCc1nc2ccccc2c(=O)n1C. The smallest absolute Gasteiger partial charge is 0.261 e. The zero-order valence-electron chi connectivity index (χ0n) is 12.9. The molecule has 0 N–H and O–H groups in total. The van der Waals surface area contributed by atoms with Gasteiger partial charge in [0.25, 0.3) is 5.56 Å². The first-order chi connectivity index (χ1) is 11.1. The van der Waals surface area contributed by atoms with Gasteiger partial charge in [0.1, 0.15) is 24.5 Å². The third-order valence-corrected chi connectivity index (χ3v) is 3.77. The van der Waals surface area contributed by atoms with Gasteiger partial charge < -0.3 is 4.74 Å². The maximum Gasteiger partial charge on any atom is 0.261 e. The summed E-state index contributed by atoms with van der Waals surface area (Å²) in [5, 5.41) is 0.588. The number of aldehydes is 1. The first-order valence-corrected chi connectivity index (χ1v) is 7.23. The molecule has 23 heavy (non-hydrogen) atoms. The quantitative estimate of drug-likeness (QED) is 0.695. The highest BCUT2D eigenvalue weighted by molar-refractivity contribution is 5.77. The minimum absolute atomic E-state index is 0.0952. The summed E-state index contributed by atoms with van der Waals surface area (Å²) in [5.74, 6) is 1.21. The minimum Gasteiger partial charge on any atom is -0.485 e. The third kappa shape index (κ3) is 2.85. The first-order valence-electron chi connectivity index (χ1n) is 7.23. The standard InChI is InChI=1S/C18H16N2O3/c1-12-9-13(10-21)7-8-16(12)23-11-17-19-15-6-4-3-5-14(15)18(22)20(17)2/h3-10H,11H2,1-2H3. The van der Waals surface area contributed by atoms with Crippen molar-refractivity contribution in [2.45, 2.75) is 13.5 Å². The molecule has 0 saturated carbocycles. The highest BCUT2D eigenvalue weighted by atomic mass is 16.5. The maximum atomic E-state index is 12.3. The molecule has 3 aromatic rings. The molecule has 0 aliphatic heterocycles. The van der Waals surface area contributed by atoms with E-state index in [1.807, 2.05) is 25.1 Å². The Morgan fingerprint density at radius 2 is 2.00 bits per heavy atom. The van der Waals surface area contributed by atoms with E-state index in [1.54, 1.807) is 31.3 Å². The summed E-state index contributed by atoms with van der Waals surface area (Å²) in [6.45, 7) is 2.05. The van der Waals surface area contributed by atoms with Crippen LogP contribution in [0.2, 0.25) is 0 Å². The fraction of sp³-hybridized carbons (Fsp3) is 0.167. The molecule has 0 fully saturated rings. The van der Waals surface area contributed by atoms with Crippen LogP contribution in [-0.4, -0.2) is 15.8 Å². The molecule has 0 bridgehead atoms. The summed E-state index contributed by atoms with van der Waals surface area (Å²) < 4.78 is 7.27. The molecule has 5 nitrogen and oxygen atoms in total. The molecular formula is C18H16N2O3. The van der Waals surface area contributed by atoms with E-state index in [1.165, 1.54) is 4.57 Å². The average Bonchev–Trinajstić information content (AvgIpc) is 2.57. The normalized spacial score (nSPS) is 10.7. The molecule has 0 unspecified atom stereocenters. The predicted octanol–water partition coefficient (Wildman–Crippen LogP) is 2.63. The Kier molecular flexibility index (Phi) is 3.93. The van der Waals surface area contributed by atoms with Gasteiger partial charge in [-0.05, 0) is 42.8 Å². The molecule has 5 heteroatoms. The Balaban J connectivity index is 1.92. The van der Waals surface area contributed by atoms with Crippen LogP contribution in [0.4, 0.5) is 0 Å². The summed E-state index contributed by atoms with van der Waals surface area (Å²) in [4.78, 5) is 27.6. The van der Waals surface area contributed by atoms with Gasteiger partial charge in [0, 0.05) is 12.6 Å². The van der Waals surface area contributed by atoms with E-state index in [2.05, 4.69) is 4.98 Å². The Morgan fingerprint density at radius 3 is 2.74 bits per heavy atom. The Labute approximate surface area is 133 Å². The van der Waals surface area contributed by atoms with Crippen LogP contribution in [-0.2, 0) is 13.7 Å². The van der Waals surface area contributed by atoms with Crippen LogP contribution in [0.25, 0.3) is 10.9 Å². The number of hydrogen-bond donors (Lipinski definition) is 0. The molecule has 0 saturated heterocycles. The molecule has 0 aliphatic rings. The van der Waals surface area contributed by atoms with Crippen LogP contribution >= 0.6 is 0 Å². The molecule has 1 heterocycles. The van der Waals surface area contributed by atoms with Gasteiger partial charge in [0.2, 0.25) is 0 Å². The largest absolute Gasteiger partial charge is 0.485 e. The van der Waals surface area contributed by atoms with Gasteiger partial charge in [-0.25, -0.2) is 4.98 Å². The minimum atomic E-state index is -0.0952. The van der Waals surface area contributed by atoms with Crippen molar-refractivity contribution in [3.8, 4) is 5.75 Å². The van der Waals surface area contributed by atoms with Gasteiger partial charge in [-0.15, -0.1) is 0 Å². The number of ether oxygens (including phenoxy) is 1. The maximum absolute atomic E-state index is 12.3. The van der Waals surface area contributed by atoms with Crippen LogP contribution < -0.4 is 10.3 Å². The molecule has 0 amide bonds. The summed E-state index contributed by atoms with van der Waals surface area (Å²) in [6.07, 6.45) is 0.797. The fourth-order valence-corrected chi connectivity index (χ4v) is 2.44. The van der Waals surface area contributed by atoms with Crippen molar-refractivity contribution < 1.29 is 9.53 Å². The fourth-order valence-electron chi connectivity index (χ4n) is 2.44. The first kappa shape index (κ1) is 15.0. The van der Waals surface area contributed by atoms with Crippen molar-refractivity contribution >= 4 is 17.2 Å². The second-order valence-electron chi connectivity index (χ2n) is 5.34. The highest BCUT2D eigenvalue weighted by Gasteiger charge is 2.09. The van der Waals surface area contributed by atoms with E-state index in [-0.39, 0.29) is 12.2 Å². The Bertz CT molecular complexity index is 945. The summed E-state index contributed by atoms with van der Waals surface area (Å²) in [6, 6.07) is 12.4. The number of aryl methyl sites for hydroxylation is 1. The van der Waals surface area contributed by atoms with E-state index in [4.69, 9.17) is 4.74 Å². The van der Waals surface area contributed by atoms with Gasteiger partial charge >= 0.3 is 0 Å². The number of benzene rings is 2. The molecule has 0 atom stereocenters. The van der Waals surface area contributed by atoms with Crippen LogP contribution in [0.5, 0.6) is 5.75 Å². The summed E-state index contributed by atoms with van der Waals surface area (Å²) >= 11 is 0.